The summed E-state index contributed by atoms with van der Waals surface area (Å²) in [4.78, 5) is 2.77. The van der Waals surface area contributed by atoms with Crippen LogP contribution in [-0.2, 0) is 0 Å². The van der Waals surface area contributed by atoms with Crippen molar-refractivity contribution >= 4 is 0 Å². The quantitative estimate of drug-likeness (QED) is 0.827. The number of hydrogen-bond acceptors (Lipinski definition) is 2. The molecule has 0 aromatic heterocycles. The highest BCUT2D eigenvalue weighted by atomic mass is 15.3. The van der Waals surface area contributed by atoms with E-state index in [0.717, 1.165) is 6.54 Å². The first-order valence-electron chi connectivity index (χ1n) is 8.52. The summed E-state index contributed by atoms with van der Waals surface area (Å²) in [6.07, 6.45) is 3.74. The number of piperazine rings is 1. The average molecular weight is 283 g/mol. The zero-order valence-electron chi connectivity index (χ0n) is 15.3. The van der Waals surface area contributed by atoms with Crippen molar-refractivity contribution in [2.24, 2.45) is 10.8 Å². The van der Waals surface area contributed by atoms with Gasteiger partial charge in [-0.3, -0.25) is 4.90 Å². The second kappa shape index (κ2) is 6.36. The molecular weight excluding hydrogens is 244 g/mol. The maximum Gasteiger partial charge on any atom is 0.0304 e. The largest absolute Gasteiger partial charge is 0.308 e. The van der Waals surface area contributed by atoms with Crippen LogP contribution in [0.4, 0.5) is 0 Å². The Morgan fingerprint density at radius 2 is 1.60 bits per heavy atom. The summed E-state index contributed by atoms with van der Waals surface area (Å²) in [5.74, 6) is 0. The fraction of sp³-hybridized carbons (Fsp3) is 1.00. The first-order valence-corrected chi connectivity index (χ1v) is 8.52. The second-order valence-corrected chi connectivity index (χ2v) is 9.03. The summed E-state index contributed by atoms with van der Waals surface area (Å²) in [5.41, 5.74) is 1.10. The summed E-state index contributed by atoms with van der Waals surface area (Å²) >= 11 is 0. The maximum atomic E-state index is 3.87. The van der Waals surface area contributed by atoms with Gasteiger partial charge in [0.25, 0.3) is 0 Å². The van der Waals surface area contributed by atoms with Crippen LogP contribution in [0.3, 0.4) is 0 Å². The molecule has 1 aliphatic heterocycles. The minimum Gasteiger partial charge on any atom is -0.308 e. The molecule has 0 amide bonds. The molecule has 1 rings (SSSR count). The number of nitrogens with one attached hydrogen (secondary N) is 1. The van der Waals surface area contributed by atoms with Crippen molar-refractivity contribution in [1.82, 2.24) is 10.2 Å². The predicted molar refractivity (Wildman–Crippen MR) is 90.2 cm³/mol. The second-order valence-electron chi connectivity index (χ2n) is 9.03. The molecule has 2 heteroatoms. The molecule has 1 heterocycles. The van der Waals surface area contributed by atoms with Crippen molar-refractivity contribution in [3.8, 4) is 0 Å². The van der Waals surface area contributed by atoms with Crippen LogP contribution in [0.2, 0.25) is 0 Å². The normalized spacial score (nSPS) is 24.9. The fourth-order valence-corrected chi connectivity index (χ4v) is 3.29. The lowest BCUT2D eigenvalue weighted by molar-refractivity contribution is 0.0126. The third-order valence-electron chi connectivity index (χ3n) is 5.12. The minimum absolute atomic E-state index is 0.333. The minimum atomic E-state index is 0.333. The van der Waals surface area contributed by atoms with Gasteiger partial charge in [0.05, 0.1) is 0 Å². The monoisotopic (exact) mass is 282 g/mol. The van der Waals surface area contributed by atoms with Gasteiger partial charge in [-0.2, -0.15) is 0 Å². The molecule has 0 aliphatic carbocycles. The lowest BCUT2D eigenvalue weighted by Crippen LogP contribution is -2.66. The highest BCUT2D eigenvalue weighted by molar-refractivity contribution is 5.00. The molecule has 0 bridgehead atoms. The van der Waals surface area contributed by atoms with E-state index < -0.39 is 0 Å². The lowest BCUT2D eigenvalue weighted by Gasteiger charge is -2.52. The van der Waals surface area contributed by atoms with Gasteiger partial charge in [0.15, 0.2) is 0 Å². The van der Waals surface area contributed by atoms with Crippen LogP contribution in [0.1, 0.15) is 74.7 Å². The molecule has 0 aromatic rings. The lowest BCUT2D eigenvalue weighted by atomic mass is 9.79. The Hall–Kier alpha value is -0.0800. The molecule has 1 unspecified atom stereocenters. The van der Waals surface area contributed by atoms with Gasteiger partial charge in [0.2, 0.25) is 0 Å². The molecule has 2 nitrogen and oxygen atoms in total. The topological polar surface area (TPSA) is 15.3 Å². The van der Waals surface area contributed by atoms with E-state index in [4.69, 9.17) is 0 Å². The van der Waals surface area contributed by atoms with Crippen LogP contribution in [0, 0.1) is 10.8 Å². The number of rotatable bonds is 4. The summed E-state index contributed by atoms with van der Waals surface area (Å²) < 4.78 is 0. The standard InChI is InChI=1S/C18H38N2/c1-9-18(10-2)14-20(12-11-16(3,4)5)15(13-19-18)17(6,7)8/h15,19H,9-14H2,1-8H3. The Kier molecular flexibility index (Phi) is 5.71. The van der Waals surface area contributed by atoms with Gasteiger partial charge < -0.3 is 5.32 Å². The van der Waals surface area contributed by atoms with Gasteiger partial charge in [0.1, 0.15) is 0 Å². The molecule has 120 valence electrons. The van der Waals surface area contributed by atoms with E-state index in [9.17, 15) is 0 Å². The van der Waals surface area contributed by atoms with Crippen molar-refractivity contribution in [3.05, 3.63) is 0 Å². The van der Waals surface area contributed by atoms with E-state index in [0.29, 0.717) is 22.4 Å². The van der Waals surface area contributed by atoms with Gasteiger partial charge in [-0.05, 0) is 36.6 Å². The van der Waals surface area contributed by atoms with Crippen LogP contribution in [-0.4, -0.2) is 36.1 Å². The Balaban J connectivity index is 2.83. The van der Waals surface area contributed by atoms with Gasteiger partial charge in [-0.1, -0.05) is 55.4 Å². The molecular formula is C18H38N2. The Bertz CT molecular complexity index is 292. The Morgan fingerprint density at radius 3 is 2.00 bits per heavy atom. The zero-order valence-corrected chi connectivity index (χ0v) is 15.3. The van der Waals surface area contributed by atoms with Crippen molar-refractivity contribution in [1.29, 1.82) is 0 Å². The van der Waals surface area contributed by atoms with Crippen molar-refractivity contribution in [3.63, 3.8) is 0 Å². The Morgan fingerprint density at radius 1 is 1.05 bits per heavy atom. The van der Waals surface area contributed by atoms with Gasteiger partial charge in [0, 0.05) is 24.7 Å². The molecule has 0 saturated carbocycles. The van der Waals surface area contributed by atoms with Crippen LogP contribution >= 0.6 is 0 Å². The van der Waals surface area contributed by atoms with E-state index in [2.05, 4.69) is 65.6 Å². The predicted octanol–water partition coefficient (Wildman–Crippen LogP) is 4.30. The molecule has 1 saturated heterocycles. The van der Waals surface area contributed by atoms with Gasteiger partial charge in [-0.25, -0.2) is 0 Å². The van der Waals surface area contributed by atoms with E-state index in [1.165, 1.54) is 32.4 Å². The summed E-state index contributed by atoms with van der Waals surface area (Å²) in [6, 6.07) is 0.649. The molecule has 1 atom stereocenters. The zero-order chi connectivity index (χ0) is 15.6. The van der Waals surface area contributed by atoms with Crippen LogP contribution in [0.15, 0.2) is 0 Å². The summed E-state index contributed by atoms with van der Waals surface area (Å²) in [7, 11) is 0. The van der Waals surface area contributed by atoms with Gasteiger partial charge >= 0.3 is 0 Å². The van der Waals surface area contributed by atoms with E-state index in [1.807, 2.05) is 0 Å². The number of nitrogens with zero attached hydrogens (tertiary/aromatic N) is 1. The SMILES string of the molecule is CCC1(CC)CN(CCC(C)(C)C)C(C(C)(C)C)CN1. The van der Waals surface area contributed by atoms with E-state index in [1.54, 1.807) is 0 Å². The molecule has 20 heavy (non-hydrogen) atoms. The third-order valence-corrected chi connectivity index (χ3v) is 5.12. The molecule has 0 aromatic carbocycles. The Labute approximate surface area is 127 Å². The molecule has 1 N–H and O–H groups in total. The molecule has 1 aliphatic rings. The van der Waals surface area contributed by atoms with Crippen LogP contribution in [0.5, 0.6) is 0 Å². The van der Waals surface area contributed by atoms with Crippen molar-refractivity contribution in [2.75, 3.05) is 19.6 Å². The summed E-state index contributed by atoms with van der Waals surface area (Å²) in [6.45, 7) is 22.4. The molecule has 0 spiro atoms. The highest BCUT2D eigenvalue weighted by Gasteiger charge is 2.41. The van der Waals surface area contributed by atoms with E-state index in [-0.39, 0.29) is 0 Å². The average Bonchev–Trinajstić information content (AvgIpc) is 2.34. The van der Waals surface area contributed by atoms with Crippen LogP contribution < -0.4 is 5.32 Å². The van der Waals surface area contributed by atoms with Crippen molar-refractivity contribution in [2.45, 2.75) is 86.2 Å². The highest BCUT2D eigenvalue weighted by Crippen LogP contribution is 2.32. The van der Waals surface area contributed by atoms with Gasteiger partial charge in [-0.15, -0.1) is 0 Å². The van der Waals surface area contributed by atoms with Crippen LogP contribution in [0.25, 0.3) is 0 Å². The number of hydrogen-bond donors (Lipinski definition) is 1. The third kappa shape index (κ3) is 4.73. The van der Waals surface area contributed by atoms with E-state index >= 15 is 0 Å². The first-order chi connectivity index (χ1) is 9.03. The maximum absolute atomic E-state index is 3.87. The fourth-order valence-electron chi connectivity index (χ4n) is 3.29. The smallest absolute Gasteiger partial charge is 0.0304 e. The summed E-state index contributed by atoms with van der Waals surface area (Å²) in [5, 5.41) is 3.87. The molecule has 1 fully saturated rings. The van der Waals surface area contributed by atoms with Crippen molar-refractivity contribution < 1.29 is 0 Å². The first kappa shape index (κ1) is 18.0. The molecule has 0 radical (unpaired) electrons.